The van der Waals surface area contributed by atoms with Crippen molar-refractivity contribution in [3.63, 3.8) is 0 Å². The molecule has 1 aromatic heterocycles. The van der Waals surface area contributed by atoms with Gasteiger partial charge in [0.05, 0.1) is 6.61 Å². The van der Waals surface area contributed by atoms with E-state index < -0.39 is 56.8 Å². The number of rotatable bonds is 9. The molecule has 1 fully saturated rings. The van der Waals surface area contributed by atoms with Crippen LogP contribution in [0.15, 0.2) is 15.5 Å². The molecule has 2 heterocycles. The van der Waals surface area contributed by atoms with Gasteiger partial charge in [0.25, 0.3) is 5.91 Å². The second-order valence-corrected chi connectivity index (χ2v) is 8.93. The van der Waals surface area contributed by atoms with E-state index in [2.05, 4.69) is 24.2 Å². The molecule has 0 spiro atoms. The molecule has 1 amide bonds. The van der Waals surface area contributed by atoms with E-state index in [4.69, 9.17) is 10.3 Å². The van der Waals surface area contributed by atoms with Crippen LogP contribution in [0.2, 0.25) is 0 Å². The van der Waals surface area contributed by atoms with Gasteiger partial charge in [-0.05, 0) is 0 Å². The Morgan fingerprint density at radius 3 is 2.57 bits per heavy atom. The number of nitrogen functional groups attached to an aromatic ring is 1. The third-order valence-electron chi connectivity index (χ3n) is 3.43. The number of aliphatic imine (C=N–C) groups is 1. The first kappa shape index (κ1) is 26.7. The molecule has 1 aliphatic heterocycles. The van der Waals surface area contributed by atoms with Crippen molar-refractivity contribution in [1.82, 2.24) is 14.0 Å². The predicted octanol–water partition coefficient (Wildman–Crippen LogP) is -6.30. The zero-order chi connectivity index (χ0) is 22.0. The Morgan fingerprint density at radius 2 is 2.10 bits per heavy atom. The Bertz CT molecular complexity index is 1050. The summed E-state index contributed by atoms with van der Waals surface area (Å²) in [4.78, 5) is 24.0. The van der Waals surface area contributed by atoms with Crippen LogP contribution in [0.1, 0.15) is 5.69 Å². The minimum Gasteiger partial charge on any atom is -0.857 e. The van der Waals surface area contributed by atoms with Crippen LogP contribution >= 0.6 is 11.3 Å². The summed E-state index contributed by atoms with van der Waals surface area (Å²) in [5.41, 5.74) is 5.05. The molecule has 2 atom stereocenters. The summed E-state index contributed by atoms with van der Waals surface area (Å²) >= 11 is 0.988. The third-order valence-corrected chi connectivity index (χ3v) is 6.00. The fraction of sp³-hybridized carbons (Fsp3) is 0.455. The molecule has 0 aromatic carbocycles. The van der Waals surface area contributed by atoms with Crippen molar-refractivity contribution in [1.29, 1.82) is 0 Å². The van der Waals surface area contributed by atoms with Gasteiger partial charge in [-0.1, -0.05) is 5.16 Å². The van der Waals surface area contributed by atoms with Crippen molar-refractivity contribution < 1.29 is 69.9 Å². The molecule has 0 aliphatic carbocycles. The zero-order valence-electron chi connectivity index (χ0n) is 15.7. The second kappa shape index (κ2) is 10.3. The number of hydrogen-bond donors (Lipinski definition) is 3. The molecule has 1 aliphatic rings. The molecule has 4 N–H and O–H groups in total. The number of nitrogens with zero attached hydrogens (tertiary/aromatic N) is 4. The van der Waals surface area contributed by atoms with Gasteiger partial charge in [0, 0.05) is 18.3 Å². The van der Waals surface area contributed by atoms with Gasteiger partial charge in [-0.2, -0.15) is 21.6 Å². The molecule has 1 aromatic rings. The molecule has 30 heavy (non-hydrogen) atoms. The number of hydrogen-bond acceptors (Lipinski definition) is 13. The second-order valence-electron chi connectivity index (χ2n) is 5.19. The van der Waals surface area contributed by atoms with Crippen molar-refractivity contribution in [2.24, 2.45) is 10.1 Å². The Kier molecular flexibility index (Phi) is 9.14. The van der Waals surface area contributed by atoms with Crippen LogP contribution < -0.4 is 45.1 Å². The van der Waals surface area contributed by atoms with Gasteiger partial charge in [-0.15, -0.1) is 11.3 Å². The molecule has 15 nitrogen and oxygen atoms in total. The molecule has 19 heteroatoms. The normalized spacial score (nSPS) is 20.5. The van der Waals surface area contributed by atoms with Gasteiger partial charge in [-0.3, -0.25) is 18.5 Å². The van der Waals surface area contributed by atoms with E-state index in [9.17, 15) is 26.7 Å². The maximum absolute atomic E-state index is 12.4. The number of carbonyl (C=O) groups is 1. The molecule has 0 radical (unpaired) electrons. The van der Waals surface area contributed by atoms with Crippen molar-refractivity contribution in [2.75, 3.05) is 26.5 Å². The van der Waals surface area contributed by atoms with Crippen LogP contribution in [-0.4, -0.2) is 81.0 Å². The molecular formula is C11H15N6NaO9S3. The number of β-lactam (4-membered cyclic amide) rings is 1. The summed E-state index contributed by atoms with van der Waals surface area (Å²) in [5, 5.41) is 17.4. The molecular weight excluding hydrogens is 479 g/mol. The van der Waals surface area contributed by atoms with Gasteiger partial charge in [0.2, 0.25) is 0 Å². The van der Waals surface area contributed by atoms with E-state index >= 15 is 0 Å². The Morgan fingerprint density at radius 1 is 1.47 bits per heavy atom. The largest absolute Gasteiger partial charge is 1.00 e. The van der Waals surface area contributed by atoms with Crippen LogP contribution in [-0.2, 0) is 34.4 Å². The van der Waals surface area contributed by atoms with E-state index in [0.717, 1.165) is 25.5 Å². The predicted molar refractivity (Wildman–Crippen MR) is 97.4 cm³/mol. The quantitative estimate of drug-likeness (QED) is 0.0730. The monoisotopic (exact) mass is 494 g/mol. The summed E-state index contributed by atoms with van der Waals surface area (Å²) in [6, 6.07) is -3.27. The maximum atomic E-state index is 12.4. The van der Waals surface area contributed by atoms with E-state index in [1.54, 1.807) is 4.72 Å². The summed E-state index contributed by atoms with van der Waals surface area (Å²) in [7, 11) is -7.14. The van der Waals surface area contributed by atoms with Gasteiger partial charge in [-0.25, -0.2) is 9.29 Å². The van der Waals surface area contributed by atoms with Crippen molar-refractivity contribution in [2.45, 2.75) is 12.1 Å². The molecule has 0 bridgehead atoms. The van der Waals surface area contributed by atoms with Gasteiger partial charge in [0.1, 0.15) is 24.6 Å². The van der Waals surface area contributed by atoms with Crippen LogP contribution in [0, 0.1) is 0 Å². The number of thiazole rings is 1. The van der Waals surface area contributed by atoms with E-state index in [0.29, 0.717) is 0 Å². The van der Waals surface area contributed by atoms with Crippen LogP contribution in [0.3, 0.4) is 0 Å². The number of nitrogens with two attached hydrogens (primary N) is 1. The number of anilines is 1. The Balaban J connectivity index is 0.00000450. The Labute approximate surface area is 197 Å². The number of nitrogens with one attached hydrogen (secondary N) is 1. The van der Waals surface area contributed by atoms with Gasteiger partial charge in [0.15, 0.2) is 11.2 Å². The average molecular weight is 494 g/mol. The van der Waals surface area contributed by atoms with Gasteiger partial charge >= 0.3 is 50.2 Å². The van der Waals surface area contributed by atoms with Gasteiger partial charge < -0.3 is 15.7 Å². The standard InChI is InChI=1S/C11H16N6O9S3.Na/c1-13-28(20,21)26-3-6-8(10(19)17(6)29(22,23)24)15-9(18)7(16-25-2)5-4-27-11(12)14-5;/h4,6,8,13H,3H2,1-2H3,(H2,12,14)(H,15,18)(H,22,23,24);/q;+1/p-1/b16-7+;/t6-,8+;/m1./s1. The topological polar surface area (TPSA) is 226 Å². The molecule has 162 valence electrons. The number of carbonyl (C=O) groups excluding carboxylic acids is 1. The van der Waals surface area contributed by atoms with Crippen LogP contribution in [0.5, 0.6) is 0 Å². The summed E-state index contributed by atoms with van der Waals surface area (Å²) in [6.45, 7) is -0.906. The fourth-order valence-electron chi connectivity index (χ4n) is 2.18. The Hall–Kier alpha value is -1.38. The molecule has 0 unspecified atom stereocenters. The van der Waals surface area contributed by atoms with E-state index in [-0.39, 0.29) is 44.7 Å². The third kappa shape index (κ3) is 6.08. The number of oxime groups is 1. The van der Waals surface area contributed by atoms with Crippen LogP contribution in [0.4, 0.5) is 5.13 Å². The van der Waals surface area contributed by atoms with Crippen LogP contribution in [0.25, 0.3) is 0 Å². The molecule has 1 saturated heterocycles. The van der Waals surface area contributed by atoms with E-state index in [1.807, 2.05) is 0 Å². The number of aromatic nitrogens is 1. The first-order valence-corrected chi connectivity index (χ1v) is 11.1. The summed E-state index contributed by atoms with van der Waals surface area (Å²) in [6.07, 6.45) is 0. The first-order chi connectivity index (χ1) is 13.4. The number of amides is 1. The molecule has 0 saturated carbocycles. The van der Waals surface area contributed by atoms with E-state index in [1.165, 1.54) is 5.38 Å². The first-order valence-electron chi connectivity index (χ1n) is 7.37. The summed E-state index contributed by atoms with van der Waals surface area (Å²) < 4.78 is 60.9. The van der Waals surface area contributed by atoms with Crippen molar-refractivity contribution >= 4 is 54.6 Å². The SMILES string of the molecule is CNS(=O)(=O)OC[C@@H]1[C@H](N=C([O-])/C(=N/OC)c2csc(N)n2)C(=O)N1S(=O)(=O)O.[Na+]. The average Bonchev–Trinajstić information content (AvgIpc) is 3.05. The fourth-order valence-corrected chi connectivity index (χ4v) is 4.02. The summed E-state index contributed by atoms with van der Waals surface area (Å²) in [5.74, 6) is -2.39. The maximum Gasteiger partial charge on any atom is 1.00 e. The molecule has 2 rings (SSSR count). The van der Waals surface area contributed by atoms with Crippen molar-refractivity contribution in [3.8, 4) is 0 Å². The zero-order valence-corrected chi connectivity index (χ0v) is 20.2. The minimum atomic E-state index is -5.05. The smallest absolute Gasteiger partial charge is 0.857 e. The van der Waals surface area contributed by atoms with Crippen molar-refractivity contribution in [3.05, 3.63) is 11.1 Å². The minimum absolute atomic E-state index is 0.